The van der Waals surface area contributed by atoms with Crippen LogP contribution in [-0.4, -0.2) is 30.2 Å². The number of ether oxygens (including phenoxy) is 1. The first-order chi connectivity index (χ1) is 13.4. The SMILES string of the molecule is CCCC(=O)c1ccc2c(c1)N(CC(=O)Nc1ccc(F)cc1)C(=O)C(C)O2. The Morgan fingerprint density at radius 1 is 1.18 bits per heavy atom. The second-order valence-corrected chi connectivity index (χ2v) is 6.60. The highest BCUT2D eigenvalue weighted by Gasteiger charge is 2.33. The Balaban J connectivity index is 1.84. The monoisotopic (exact) mass is 384 g/mol. The first-order valence-electron chi connectivity index (χ1n) is 9.09. The second kappa shape index (κ2) is 8.21. The first kappa shape index (κ1) is 19.5. The molecule has 0 saturated heterocycles. The van der Waals surface area contributed by atoms with Crippen molar-refractivity contribution in [2.45, 2.75) is 32.8 Å². The molecule has 0 saturated carbocycles. The first-order valence-corrected chi connectivity index (χ1v) is 9.09. The Hall–Kier alpha value is -3.22. The topological polar surface area (TPSA) is 75.7 Å². The lowest BCUT2D eigenvalue weighted by atomic mass is 10.0. The molecule has 1 unspecified atom stereocenters. The molecule has 0 fully saturated rings. The van der Waals surface area contributed by atoms with Crippen LogP contribution in [0.15, 0.2) is 42.5 Å². The van der Waals surface area contributed by atoms with Crippen molar-refractivity contribution in [2.75, 3.05) is 16.8 Å². The average molecular weight is 384 g/mol. The highest BCUT2D eigenvalue weighted by molar-refractivity contribution is 6.07. The number of ketones is 1. The molecule has 3 rings (SSSR count). The van der Waals surface area contributed by atoms with Crippen LogP contribution in [-0.2, 0) is 9.59 Å². The van der Waals surface area contributed by atoms with Gasteiger partial charge in [0.25, 0.3) is 5.91 Å². The molecule has 0 aliphatic carbocycles. The number of fused-ring (bicyclic) bond motifs is 1. The van der Waals surface area contributed by atoms with Gasteiger partial charge in [0.1, 0.15) is 18.1 Å². The van der Waals surface area contributed by atoms with Gasteiger partial charge in [-0.15, -0.1) is 0 Å². The Bertz CT molecular complexity index is 911. The van der Waals surface area contributed by atoms with Crippen molar-refractivity contribution in [3.8, 4) is 5.75 Å². The van der Waals surface area contributed by atoms with Gasteiger partial charge in [-0.05, 0) is 55.8 Å². The summed E-state index contributed by atoms with van der Waals surface area (Å²) in [6.07, 6.45) is 0.365. The fourth-order valence-corrected chi connectivity index (χ4v) is 2.99. The van der Waals surface area contributed by atoms with Crippen LogP contribution >= 0.6 is 0 Å². The zero-order chi connectivity index (χ0) is 20.3. The van der Waals surface area contributed by atoms with Crippen LogP contribution < -0.4 is 15.0 Å². The van der Waals surface area contributed by atoms with Gasteiger partial charge in [0.2, 0.25) is 5.91 Å². The summed E-state index contributed by atoms with van der Waals surface area (Å²) in [5.74, 6) is -0.817. The predicted octanol–water partition coefficient (Wildman–Crippen LogP) is 3.56. The van der Waals surface area contributed by atoms with E-state index in [1.807, 2.05) is 6.92 Å². The van der Waals surface area contributed by atoms with Crippen molar-refractivity contribution in [3.05, 3.63) is 53.8 Å². The quantitative estimate of drug-likeness (QED) is 0.773. The summed E-state index contributed by atoms with van der Waals surface area (Å²) < 4.78 is 18.6. The van der Waals surface area contributed by atoms with E-state index in [0.29, 0.717) is 35.5 Å². The minimum absolute atomic E-state index is 0.0351. The van der Waals surface area contributed by atoms with Gasteiger partial charge in [0, 0.05) is 17.7 Å². The lowest BCUT2D eigenvalue weighted by molar-refractivity contribution is -0.127. The summed E-state index contributed by atoms with van der Waals surface area (Å²) >= 11 is 0. The smallest absolute Gasteiger partial charge is 0.268 e. The van der Waals surface area contributed by atoms with E-state index in [1.165, 1.54) is 29.2 Å². The molecule has 146 valence electrons. The molecule has 28 heavy (non-hydrogen) atoms. The third kappa shape index (κ3) is 4.19. The minimum atomic E-state index is -0.747. The van der Waals surface area contributed by atoms with E-state index >= 15 is 0 Å². The zero-order valence-electron chi connectivity index (χ0n) is 15.7. The van der Waals surface area contributed by atoms with E-state index in [-0.39, 0.29) is 18.2 Å². The maximum absolute atomic E-state index is 13.0. The second-order valence-electron chi connectivity index (χ2n) is 6.60. The number of halogens is 1. The lowest BCUT2D eigenvalue weighted by Gasteiger charge is -2.32. The summed E-state index contributed by atoms with van der Waals surface area (Å²) in [6.45, 7) is 3.27. The largest absolute Gasteiger partial charge is 0.479 e. The maximum Gasteiger partial charge on any atom is 0.268 e. The Kier molecular flexibility index (Phi) is 5.73. The number of nitrogens with one attached hydrogen (secondary N) is 1. The molecule has 2 amide bonds. The molecule has 0 radical (unpaired) electrons. The Morgan fingerprint density at radius 2 is 1.89 bits per heavy atom. The molecule has 2 aromatic rings. The lowest BCUT2D eigenvalue weighted by Crippen LogP contribution is -2.47. The average Bonchev–Trinajstić information content (AvgIpc) is 2.67. The number of carbonyl (C=O) groups excluding carboxylic acids is 3. The van der Waals surface area contributed by atoms with Crippen LogP contribution in [0.3, 0.4) is 0 Å². The van der Waals surface area contributed by atoms with Crippen molar-refractivity contribution in [1.29, 1.82) is 0 Å². The molecule has 1 atom stereocenters. The predicted molar refractivity (Wildman–Crippen MR) is 103 cm³/mol. The van der Waals surface area contributed by atoms with Gasteiger partial charge in [-0.3, -0.25) is 19.3 Å². The number of carbonyl (C=O) groups is 3. The van der Waals surface area contributed by atoms with Gasteiger partial charge in [-0.25, -0.2) is 4.39 Å². The molecule has 1 N–H and O–H groups in total. The number of benzene rings is 2. The van der Waals surface area contributed by atoms with Gasteiger partial charge in [-0.2, -0.15) is 0 Å². The van der Waals surface area contributed by atoms with Gasteiger partial charge in [0.15, 0.2) is 11.9 Å². The van der Waals surface area contributed by atoms with Crippen molar-refractivity contribution < 1.29 is 23.5 Å². The van der Waals surface area contributed by atoms with Crippen molar-refractivity contribution in [1.82, 2.24) is 0 Å². The van der Waals surface area contributed by atoms with E-state index in [2.05, 4.69) is 5.32 Å². The Morgan fingerprint density at radius 3 is 2.57 bits per heavy atom. The van der Waals surface area contributed by atoms with Gasteiger partial charge < -0.3 is 10.1 Å². The third-order valence-corrected chi connectivity index (χ3v) is 4.40. The van der Waals surface area contributed by atoms with E-state index in [9.17, 15) is 18.8 Å². The summed E-state index contributed by atoms with van der Waals surface area (Å²) in [5, 5.41) is 2.63. The number of rotatable bonds is 6. The fourth-order valence-electron chi connectivity index (χ4n) is 2.99. The van der Waals surface area contributed by atoms with E-state index in [4.69, 9.17) is 4.74 Å². The van der Waals surface area contributed by atoms with E-state index < -0.39 is 17.8 Å². The molecular formula is C21H21FN2O4. The van der Waals surface area contributed by atoms with Crippen LogP contribution in [0, 0.1) is 5.82 Å². The molecule has 7 heteroatoms. The molecule has 1 aliphatic heterocycles. The molecule has 0 spiro atoms. The number of amides is 2. The third-order valence-electron chi connectivity index (χ3n) is 4.40. The van der Waals surface area contributed by atoms with E-state index in [0.717, 1.165) is 0 Å². The highest BCUT2D eigenvalue weighted by atomic mass is 19.1. The molecule has 1 aliphatic rings. The maximum atomic E-state index is 13.0. The number of hydrogen-bond donors (Lipinski definition) is 1. The molecule has 6 nitrogen and oxygen atoms in total. The number of nitrogens with zero attached hydrogens (tertiary/aromatic N) is 1. The van der Waals surface area contributed by atoms with Crippen LogP contribution in [0.5, 0.6) is 5.75 Å². The van der Waals surface area contributed by atoms with Crippen LogP contribution in [0.25, 0.3) is 0 Å². The number of anilines is 2. The zero-order valence-corrected chi connectivity index (χ0v) is 15.7. The number of hydrogen-bond acceptors (Lipinski definition) is 4. The van der Waals surface area contributed by atoms with Gasteiger partial charge >= 0.3 is 0 Å². The van der Waals surface area contributed by atoms with Gasteiger partial charge in [0.05, 0.1) is 5.69 Å². The van der Waals surface area contributed by atoms with Crippen LogP contribution in [0.2, 0.25) is 0 Å². The molecular weight excluding hydrogens is 363 g/mol. The molecule has 2 aromatic carbocycles. The summed E-state index contributed by atoms with van der Waals surface area (Å²) in [5.41, 5.74) is 1.28. The normalized spacial score (nSPS) is 15.6. The summed E-state index contributed by atoms with van der Waals surface area (Å²) in [6, 6.07) is 10.2. The molecule has 0 aromatic heterocycles. The summed E-state index contributed by atoms with van der Waals surface area (Å²) in [4.78, 5) is 38.6. The highest BCUT2D eigenvalue weighted by Crippen LogP contribution is 2.35. The molecule has 1 heterocycles. The van der Waals surface area contributed by atoms with Crippen LogP contribution in [0.4, 0.5) is 15.8 Å². The van der Waals surface area contributed by atoms with Crippen molar-refractivity contribution >= 4 is 29.0 Å². The van der Waals surface area contributed by atoms with Crippen LogP contribution in [0.1, 0.15) is 37.0 Å². The standard InChI is InChI=1S/C21H21FN2O4/c1-3-4-18(25)14-5-10-19-17(11-14)24(21(27)13(2)28-19)12-20(26)23-16-8-6-15(22)7-9-16/h5-11,13H,3-4,12H2,1-2H3,(H,23,26). The minimum Gasteiger partial charge on any atom is -0.479 e. The van der Waals surface area contributed by atoms with Crippen molar-refractivity contribution in [3.63, 3.8) is 0 Å². The van der Waals surface area contributed by atoms with E-state index in [1.54, 1.807) is 25.1 Å². The van der Waals surface area contributed by atoms with Gasteiger partial charge in [-0.1, -0.05) is 6.92 Å². The molecule has 0 bridgehead atoms. The number of Topliss-reactive ketones (excluding diaryl/α,β-unsaturated/α-hetero) is 1. The van der Waals surface area contributed by atoms with Crippen molar-refractivity contribution in [2.24, 2.45) is 0 Å². The summed E-state index contributed by atoms with van der Waals surface area (Å²) in [7, 11) is 0. The Labute approximate surface area is 162 Å². The fraction of sp³-hybridized carbons (Fsp3) is 0.286.